The quantitative estimate of drug-likeness (QED) is 0.383. The third-order valence-corrected chi connectivity index (χ3v) is 6.38. The Kier molecular flexibility index (Phi) is 8.90. The summed E-state index contributed by atoms with van der Waals surface area (Å²) in [5, 5.41) is 0.508. The minimum absolute atomic E-state index is 0.508. The van der Waals surface area contributed by atoms with Crippen LogP contribution in [0.1, 0.15) is 39.0 Å². The van der Waals surface area contributed by atoms with E-state index in [1.807, 2.05) is 0 Å². The first-order valence-electron chi connectivity index (χ1n) is 5.86. The van der Waals surface area contributed by atoms with E-state index in [2.05, 4.69) is 26.1 Å². The fourth-order valence-electron chi connectivity index (χ4n) is 1.49. The highest BCUT2D eigenvalue weighted by molar-refractivity contribution is 7.80. The van der Waals surface area contributed by atoms with Crippen molar-refractivity contribution in [2.75, 3.05) is 14.2 Å². The van der Waals surface area contributed by atoms with Crippen LogP contribution in [0.3, 0.4) is 0 Å². The van der Waals surface area contributed by atoms with Gasteiger partial charge in [0.2, 0.25) is 0 Å². The zero-order valence-corrected chi connectivity index (χ0v) is 12.5. The van der Waals surface area contributed by atoms with E-state index in [9.17, 15) is 0 Å². The van der Waals surface area contributed by atoms with E-state index < -0.39 is 8.56 Å². The summed E-state index contributed by atoms with van der Waals surface area (Å²) < 4.78 is 10.9. The van der Waals surface area contributed by atoms with Crippen molar-refractivity contribution in [2.24, 2.45) is 0 Å². The topological polar surface area (TPSA) is 18.5 Å². The van der Waals surface area contributed by atoms with E-state index in [0.717, 1.165) is 12.5 Å². The largest absolute Gasteiger partial charge is 0.398 e. The van der Waals surface area contributed by atoms with E-state index in [0.29, 0.717) is 5.25 Å². The molecule has 0 spiro atoms. The first kappa shape index (κ1) is 15.5. The maximum Gasteiger partial charge on any atom is 0.334 e. The lowest BCUT2D eigenvalue weighted by Gasteiger charge is -2.24. The predicted molar refractivity (Wildman–Crippen MR) is 72.0 cm³/mol. The first-order valence-corrected chi connectivity index (χ1v) is 8.90. The molecule has 92 valence electrons. The van der Waals surface area contributed by atoms with Crippen LogP contribution in [-0.4, -0.2) is 28.0 Å². The molecule has 0 aromatic rings. The number of hydrogen-bond acceptors (Lipinski definition) is 3. The molecule has 0 aliphatic heterocycles. The predicted octanol–water partition coefficient (Wildman–Crippen LogP) is 3.62. The third kappa shape index (κ3) is 7.39. The average Bonchev–Trinajstić information content (AvgIpc) is 2.26. The second kappa shape index (κ2) is 8.62. The van der Waals surface area contributed by atoms with Gasteiger partial charge >= 0.3 is 8.56 Å². The van der Waals surface area contributed by atoms with Gasteiger partial charge in [0.05, 0.1) is 0 Å². The second-order valence-electron chi connectivity index (χ2n) is 4.23. The molecule has 0 aliphatic carbocycles. The molecular weight excluding hydrogens is 224 g/mol. The molecule has 1 atom stereocenters. The van der Waals surface area contributed by atoms with Crippen LogP contribution >= 0.6 is 12.6 Å². The van der Waals surface area contributed by atoms with Crippen molar-refractivity contribution in [1.82, 2.24) is 0 Å². The van der Waals surface area contributed by atoms with Crippen molar-refractivity contribution in [3.8, 4) is 0 Å². The van der Waals surface area contributed by atoms with E-state index in [1.54, 1.807) is 14.2 Å². The molecule has 0 N–H and O–H groups in total. The second-order valence-corrected chi connectivity index (χ2v) is 8.54. The van der Waals surface area contributed by atoms with Crippen LogP contribution < -0.4 is 0 Å². The summed E-state index contributed by atoms with van der Waals surface area (Å²) in [5.41, 5.74) is 0. The number of rotatable bonds is 9. The minimum atomic E-state index is -1.86. The molecule has 0 radical (unpaired) electrons. The monoisotopic (exact) mass is 250 g/mol. The Bertz CT molecular complexity index is 152. The summed E-state index contributed by atoms with van der Waals surface area (Å²) in [6, 6.07) is 1.04. The van der Waals surface area contributed by atoms with Crippen LogP contribution in [0.2, 0.25) is 12.6 Å². The summed E-state index contributed by atoms with van der Waals surface area (Å²) in [4.78, 5) is 0. The van der Waals surface area contributed by atoms with Gasteiger partial charge in [0, 0.05) is 19.5 Å². The lowest BCUT2D eigenvalue weighted by molar-refractivity contribution is 0.248. The van der Waals surface area contributed by atoms with Gasteiger partial charge < -0.3 is 8.85 Å². The van der Waals surface area contributed by atoms with Crippen LogP contribution in [0.4, 0.5) is 0 Å². The molecule has 15 heavy (non-hydrogen) atoms. The molecule has 2 nitrogen and oxygen atoms in total. The molecule has 0 aromatic carbocycles. The molecule has 0 heterocycles. The maximum absolute atomic E-state index is 5.45. The normalized spacial score (nSPS) is 14.2. The molecule has 0 fully saturated rings. The van der Waals surface area contributed by atoms with Crippen LogP contribution in [0.25, 0.3) is 0 Å². The van der Waals surface area contributed by atoms with E-state index >= 15 is 0 Å². The van der Waals surface area contributed by atoms with Gasteiger partial charge in [-0.15, -0.1) is 0 Å². The van der Waals surface area contributed by atoms with Gasteiger partial charge in [-0.3, -0.25) is 0 Å². The highest BCUT2D eigenvalue weighted by Crippen LogP contribution is 2.20. The molecule has 0 rings (SSSR count). The lowest BCUT2D eigenvalue weighted by Crippen LogP contribution is -2.36. The van der Waals surface area contributed by atoms with Crippen molar-refractivity contribution >= 4 is 21.2 Å². The zero-order chi connectivity index (χ0) is 11.7. The van der Waals surface area contributed by atoms with Crippen molar-refractivity contribution in [3.05, 3.63) is 0 Å². The molecule has 0 aliphatic rings. The minimum Gasteiger partial charge on any atom is -0.398 e. The SMILES string of the molecule is CCCCCC(S)CC[Si](C)(OC)OC. The third-order valence-electron chi connectivity index (χ3n) is 2.94. The zero-order valence-electron chi connectivity index (χ0n) is 10.6. The van der Waals surface area contributed by atoms with Crippen molar-refractivity contribution in [1.29, 1.82) is 0 Å². The number of thiol groups is 1. The van der Waals surface area contributed by atoms with Crippen LogP contribution in [-0.2, 0) is 8.85 Å². The van der Waals surface area contributed by atoms with Crippen molar-refractivity contribution in [2.45, 2.75) is 56.9 Å². The highest BCUT2D eigenvalue weighted by Gasteiger charge is 2.28. The Morgan fingerprint density at radius 3 is 2.20 bits per heavy atom. The Morgan fingerprint density at radius 1 is 1.13 bits per heavy atom. The molecule has 0 aromatic heterocycles. The van der Waals surface area contributed by atoms with E-state index in [1.165, 1.54) is 25.7 Å². The molecule has 0 bridgehead atoms. The Labute approximate surface area is 101 Å². The fraction of sp³-hybridized carbons (Fsp3) is 1.00. The summed E-state index contributed by atoms with van der Waals surface area (Å²) in [6.07, 6.45) is 6.22. The van der Waals surface area contributed by atoms with E-state index in [4.69, 9.17) is 8.85 Å². The van der Waals surface area contributed by atoms with Gasteiger partial charge in [0.15, 0.2) is 0 Å². The molecule has 4 heteroatoms. The Balaban J connectivity index is 3.64. The molecule has 0 saturated heterocycles. The summed E-state index contributed by atoms with van der Waals surface area (Å²) in [7, 11) is 1.64. The Morgan fingerprint density at radius 2 is 1.73 bits per heavy atom. The maximum atomic E-state index is 5.45. The van der Waals surface area contributed by atoms with Gasteiger partial charge in [-0.25, -0.2) is 0 Å². The molecule has 0 amide bonds. The van der Waals surface area contributed by atoms with Gasteiger partial charge in [-0.2, -0.15) is 12.6 Å². The molecule has 1 unspecified atom stereocenters. The smallest absolute Gasteiger partial charge is 0.334 e. The molecule has 0 saturated carbocycles. The highest BCUT2D eigenvalue weighted by atomic mass is 32.1. The first-order chi connectivity index (χ1) is 7.08. The summed E-state index contributed by atoms with van der Waals surface area (Å²) in [5.74, 6) is 0. The summed E-state index contributed by atoms with van der Waals surface area (Å²) in [6.45, 7) is 4.34. The van der Waals surface area contributed by atoms with E-state index in [-0.39, 0.29) is 0 Å². The molecular formula is C11H26O2SSi. The van der Waals surface area contributed by atoms with Crippen LogP contribution in [0.15, 0.2) is 0 Å². The standard InChI is InChI=1S/C11H26O2SSi/c1-5-6-7-8-11(14)9-10-15(4,12-2)13-3/h11,14H,5-10H2,1-4H3. The van der Waals surface area contributed by atoms with Gasteiger partial charge in [0.1, 0.15) is 0 Å². The van der Waals surface area contributed by atoms with Crippen molar-refractivity contribution < 1.29 is 8.85 Å². The van der Waals surface area contributed by atoms with Crippen molar-refractivity contribution in [3.63, 3.8) is 0 Å². The van der Waals surface area contributed by atoms with Crippen LogP contribution in [0, 0.1) is 0 Å². The van der Waals surface area contributed by atoms with Crippen LogP contribution in [0.5, 0.6) is 0 Å². The van der Waals surface area contributed by atoms with Gasteiger partial charge in [0.25, 0.3) is 0 Å². The lowest BCUT2D eigenvalue weighted by atomic mass is 10.1. The fourth-order valence-corrected chi connectivity index (χ4v) is 3.49. The van der Waals surface area contributed by atoms with Gasteiger partial charge in [-0.05, 0) is 25.4 Å². The average molecular weight is 250 g/mol. The number of hydrogen-bond donors (Lipinski definition) is 1. The van der Waals surface area contributed by atoms with Gasteiger partial charge in [-0.1, -0.05) is 26.2 Å². The Hall–Kier alpha value is 0.487. The number of unbranched alkanes of at least 4 members (excludes halogenated alkanes) is 2. The summed E-state index contributed by atoms with van der Waals surface area (Å²) >= 11 is 4.60.